The summed E-state index contributed by atoms with van der Waals surface area (Å²) in [6.45, 7) is 4.56. The van der Waals surface area contributed by atoms with Gasteiger partial charge in [-0.1, -0.05) is 36.4 Å². The Morgan fingerprint density at radius 2 is 1.68 bits per heavy atom. The van der Waals surface area contributed by atoms with Crippen LogP contribution in [0.3, 0.4) is 0 Å². The topological polar surface area (TPSA) is 117 Å². The van der Waals surface area contributed by atoms with E-state index in [1.165, 1.54) is 5.56 Å². The van der Waals surface area contributed by atoms with Crippen LogP contribution in [-0.4, -0.2) is 64.4 Å². The Bertz CT molecular complexity index is 1390. The highest BCUT2D eigenvalue weighted by Gasteiger charge is 2.19. The summed E-state index contributed by atoms with van der Waals surface area (Å²) < 4.78 is 0. The number of carbonyl (C=O) groups is 2. The van der Waals surface area contributed by atoms with Crippen molar-refractivity contribution in [3.8, 4) is 11.1 Å². The van der Waals surface area contributed by atoms with E-state index in [4.69, 9.17) is 10.7 Å². The first-order chi connectivity index (χ1) is 18.0. The molecule has 1 fully saturated rings. The lowest BCUT2D eigenvalue weighted by molar-refractivity contribution is -0.117. The summed E-state index contributed by atoms with van der Waals surface area (Å²) in [7, 11) is 0. The van der Waals surface area contributed by atoms with E-state index >= 15 is 0 Å². The van der Waals surface area contributed by atoms with Gasteiger partial charge in [0.1, 0.15) is 5.82 Å². The van der Waals surface area contributed by atoms with Crippen LogP contribution >= 0.6 is 0 Å². The Morgan fingerprint density at radius 3 is 2.41 bits per heavy atom. The van der Waals surface area contributed by atoms with Crippen LogP contribution in [-0.2, 0) is 17.8 Å². The number of nitrogens with zero attached hydrogens (tertiary/aromatic N) is 5. The number of amides is 2. The minimum Gasteiger partial charge on any atom is -0.353 e. The molecule has 1 aliphatic rings. The molecule has 37 heavy (non-hydrogen) atoms. The molecule has 0 bridgehead atoms. The number of carbonyl (C=O) groups excluding carboxylic acids is 2. The van der Waals surface area contributed by atoms with Crippen molar-refractivity contribution >= 4 is 28.7 Å². The van der Waals surface area contributed by atoms with Gasteiger partial charge in [-0.3, -0.25) is 19.7 Å². The second-order valence-corrected chi connectivity index (χ2v) is 9.19. The fourth-order valence-electron chi connectivity index (χ4n) is 4.51. The van der Waals surface area contributed by atoms with Gasteiger partial charge in [-0.2, -0.15) is 0 Å². The summed E-state index contributed by atoms with van der Waals surface area (Å²) in [5, 5.41) is 2.33. The molecule has 0 unspecified atom stereocenters. The molecule has 9 heteroatoms. The smallest absolute Gasteiger partial charge is 0.312 e. The molecule has 1 aliphatic heterocycles. The number of primary amides is 1. The van der Waals surface area contributed by atoms with Crippen molar-refractivity contribution in [3.63, 3.8) is 0 Å². The number of anilines is 1. The van der Waals surface area contributed by atoms with Crippen molar-refractivity contribution in [2.45, 2.75) is 13.0 Å². The summed E-state index contributed by atoms with van der Waals surface area (Å²) >= 11 is 0. The van der Waals surface area contributed by atoms with E-state index in [0.29, 0.717) is 0 Å². The molecule has 188 valence electrons. The van der Waals surface area contributed by atoms with Crippen LogP contribution in [0, 0.1) is 0 Å². The van der Waals surface area contributed by atoms with Gasteiger partial charge in [-0.05, 0) is 40.5 Å². The first-order valence-electron chi connectivity index (χ1n) is 12.3. The maximum absolute atomic E-state index is 12.0. The number of pyridine rings is 1. The minimum absolute atomic E-state index is 0.0671. The lowest BCUT2D eigenvalue weighted by atomic mass is 10.0. The summed E-state index contributed by atoms with van der Waals surface area (Å²) in [5.41, 5.74) is 10.9. The van der Waals surface area contributed by atoms with E-state index in [1.54, 1.807) is 6.20 Å². The number of rotatable bonds is 8. The number of urea groups is 1. The number of Topliss-reactive ketones (excluding diaryl/α,β-unsaturated/α-hetero) is 1. The first-order valence-corrected chi connectivity index (χ1v) is 12.3. The van der Waals surface area contributed by atoms with Crippen molar-refractivity contribution < 1.29 is 9.59 Å². The van der Waals surface area contributed by atoms with Crippen LogP contribution in [0.2, 0.25) is 0 Å². The number of hydrogen-bond donors (Lipinski definition) is 2. The van der Waals surface area contributed by atoms with Crippen molar-refractivity contribution in [2.75, 3.05) is 37.6 Å². The third kappa shape index (κ3) is 6.25. The van der Waals surface area contributed by atoms with Crippen molar-refractivity contribution in [1.29, 1.82) is 0 Å². The number of nitrogens with two attached hydrogens (primary N) is 1. The van der Waals surface area contributed by atoms with E-state index < -0.39 is 6.03 Å². The minimum atomic E-state index is -0.700. The van der Waals surface area contributed by atoms with Crippen LogP contribution in [0.4, 0.5) is 10.6 Å². The van der Waals surface area contributed by atoms with Gasteiger partial charge in [-0.15, -0.1) is 0 Å². The molecule has 3 N–H and O–H groups in total. The molecule has 0 saturated carbocycles. The second kappa shape index (κ2) is 11.1. The first kappa shape index (κ1) is 24.3. The van der Waals surface area contributed by atoms with Crippen LogP contribution < -0.4 is 16.0 Å². The number of fused-ring (bicyclic) bond motifs is 1. The average molecular weight is 496 g/mol. The molecule has 0 spiro atoms. The van der Waals surface area contributed by atoms with Crippen molar-refractivity contribution in [1.82, 2.24) is 25.2 Å². The third-order valence-corrected chi connectivity index (χ3v) is 6.50. The third-order valence-electron chi connectivity index (χ3n) is 6.50. The van der Waals surface area contributed by atoms with Crippen LogP contribution in [0.15, 0.2) is 73.2 Å². The predicted octanol–water partition coefficient (Wildman–Crippen LogP) is 2.79. The summed E-state index contributed by atoms with van der Waals surface area (Å²) in [6.07, 6.45) is 5.83. The Morgan fingerprint density at radius 1 is 0.892 bits per heavy atom. The summed E-state index contributed by atoms with van der Waals surface area (Å²) in [4.78, 5) is 41.3. The molecule has 1 saturated heterocycles. The van der Waals surface area contributed by atoms with Crippen LogP contribution in [0.5, 0.6) is 0 Å². The molecule has 0 atom stereocenters. The Hall–Kier alpha value is -4.37. The number of aromatic nitrogens is 3. The van der Waals surface area contributed by atoms with Gasteiger partial charge < -0.3 is 16.0 Å². The van der Waals surface area contributed by atoms with E-state index in [1.807, 2.05) is 54.9 Å². The Labute approximate surface area is 215 Å². The van der Waals surface area contributed by atoms with Gasteiger partial charge in [-0.25, -0.2) is 9.78 Å². The second-order valence-electron chi connectivity index (χ2n) is 9.19. The lowest BCUT2D eigenvalue weighted by Crippen LogP contribution is -2.46. The maximum Gasteiger partial charge on any atom is 0.312 e. The van der Waals surface area contributed by atoms with Crippen LogP contribution in [0.1, 0.15) is 11.1 Å². The zero-order valence-electron chi connectivity index (χ0n) is 20.5. The van der Waals surface area contributed by atoms with E-state index in [2.05, 4.69) is 37.2 Å². The summed E-state index contributed by atoms with van der Waals surface area (Å²) in [6, 6.07) is 17.3. The Balaban J connectivity index is 1.24. The van der Waals surface area contributed by atoms with Crippen molar-refractivity contribution in [3.05, 3.63) is 84.3 Å². The summed E-state index contributed by atoms with van der Waals surface area (Å²) in [5.74, 6) is 0.794. The highest BCUT2D eigenvalue weighted by molar-refractivity contribution is 5.87. The molecule has 0 radical (unpaired) electrons. The van der Waals surface area contributed by atoms with Crippen molar-refractivity contribution in [2.24, 2.45) is 5.73 Å². The standard InChI is InChI=1S/C28H29N7O2/c29-28(37)32-17-24(36)14-20-3-5-22(6-4-20)23-7-8-25-26(15-23)33-27(18-31-25)35-12-10-34(11-13-35)19-21-2-1-9-30-16-21/h1-9,15-16,18H,10-14,17,19H2,(H3,29,32,37). The van der Waals surface area contributed by atoms with Gasteiger partial charge in [0.15, 0.2) is 5.78 Å². The van der Waals surface area contributed by atoms with Gasteiger partial charge in [0.25, 0.3) is 0 Å². The zero-order chi connectivity index (χ0) is 25.6. The Kier molecular flexibility index (Phi) is 7.32. The number of hydrogen-bond acceptors (Lipinski definition) is 7. The molecule has 9 nitrogen and oxygen atoms in total. The molecule has 5 rings (SSSR count). The van der Waals surface area contributed by atoms with E-state index in [-0.39, 0.29) is 18.7 Å². The van der Waals surface area contributed by atoms with Crippen LogP contribution in [0.25, 0.3) is 22.2 Å². The van der Waals surface area contributed by atoms with Gasteiger partial charge in [0, 0.05) is 51.5 Å². The largest absolute Gasteiger partial charge is 0.353 e. The molecule has 2 amide bonds. The molecular weight excluding hydrogens is 466 g/mol. The molecule has 2 aromatic carbocycles. The van der Waals surface area contributed by atoms with Gasteiger partial charge in [0.2, 0.25) is 0 Å². The van der Waals surface area contributed by atoms with Gasteiger partial charge in [0.05, 0.1) is 23.8 Å². The van der Waals surface area contributed by atoms with Gasteiger partial charge >= 0.3 is 6.03 Å². The average Bonchev–Trinajstić information content (AvgIpc) is 2.93. The highest BCUT2D eigenvalue weighted by atomic mass is 16.2. The quantitative estimate of drug-likeness (QED) is 0.386. The fourth-order valence-corrected chi connectivity index (χ4v) is 4.51. The van der Waals surface area contributed by atoms with E-state index in [0.717, 1.165) is 66.3 Å². The predicted molar refractivity (Wildman–Crippen MR) is 143 cm³/mol. The highest BCUT2D eigenvalue weighted by Crippen LogP contribution is 2.25. The number of nitrogens with one attached hydrogen (secondary N) is 1. The SMILES string of the molecule is NC(=O)NCC(=O)Cc1ccc(-c2ccc3ncc(N4CCN(Cc5cccnc5)CC4)nc3c2)cc1. The molecule has 3 heterocycles. The number of ketones is 1. The molecular formula is C28H29N7O2. The molecule has 0 aliphatic carbocycles. The fraction of sp³-hybridized carbons (Fsp3) is 0.250. The number of piperazine rings is 1. The van der Waals surface area contributed by atoms with E-state index in [9.17, 15) is 9.59 Å². The lowest BCUT2D eigenvalue weighted by Gasteiger charge is -2.35. The monoisotopic (exact) mass is 495 g/mol. The normalized spacial score (nSPS) is 14.0. The number of benzene rings is 2. The molecule has 4 aromatic rings. The molecule has 2 aromatic heterocycles. The zero-order valence-corrected chi connectivity index (χ0v) is 20.5. The maximum atomic E-state index is 12.0.